The van der Waals surface area contributed by atoms with Gasteiger partial charge in [-0.05, 0) is 37.6 Å². The van der Waals surface area contributed by atoms with Gasteiger partial charge in [0.05, 0.1) is 17.9 Å². The zero-order chi connectivity index (χ0) is 20.7. The molecule has 1 atom stereocenters. The standard InChI is InChI=1S/C19H22N8OS/c1-10-8-15-24-25-19(27(15)14-9-12(28-5)6-7-13(10)14)29-11(2)16-21-17(20)23-18(22-16)26(3)4/h6-9,11H,1-5H3,(H2,20,21,22,23). The lowest BCUT2D eigenvalue weighted by Crippen LogP contribution is -2.16. The molecule has 0 aliphatic carbocycles. The van der Waals surface area contributed by atoms with Crippen molar-refractivity contribution in [3.63, 3.8) is 0 Å². The maximum absolute atomic E-state index is 5.88. The molecule has 0 radical (unpaired) electrons. The summed E-state index contributed by atoms with van der Waals surface area (Å²) in [5.41, 5.74) is 8.78. The lowest BCUT2D eigenvalue weighted by Gasteiger charge is -2.14. The molecule has 0 aliphatic rings. The molecule has 0 bridgehead atoms. The Hall–Kier alpha value is -3.14. The van der Waals surface area contributed by atoms with E-state index in [1.165, 1.54) is 11.8 Å². The van der Waals surface area contributed by atoms with Crippen molar-refractivity contribution in [3.05, 3.63) is 35.7 Å². The fourth-order valence-corrected chi connectivity index (χ4v) is 4.01. The van der Waals surface area contributed by atoms with E-state index in [2.05, 4.69) is 38.1 Å². The van der Waals surface area contributed by atoms with Gasteiger partial charge in [0.15, 0.2) is 10.8 Å². The number of benzene rings is 1. The third-order valence-corrected chi connectivity index (χ3v) is 5.62. The Bertz CT molecular complexity index is 1210. The molecule has 0 spiro atoms. The second-order valence-corrected chi connectivity index (χ2v) is 8.20. The molecule has 0 saturated heterocycles. The fourth-order valence-electron chi connectivity index (χ4n) is 3.10. The number of hydrogen-bond donors (Lipinski definition) is 1. The first-order valence-electron chi connectivity index (χ1n) is 9.05. The highest BCUT2D eigenvalue weighted by Gasteiger charge is 2.19. The van der Waals surface area contributed by atoms with Crippen LogP contribution in [0, 0.1) is 6.92 Å². The van der Waals surface area contributed by atoms with Crippen molar-refractivity contribution in [3.8, 4) is 5.75 Å². The van der Waals surface area contributed by atoms with Gasteiger partial charge < -0.3 is 15.4 Å². The van der Waals surface area contributed by atoms with Crippen molar-refractivity contribution in [1.29, 1.82) is 0 Å². The monoisotopic (exact) mass is 410 g/mol. The van der Waals surface area contributed by atoms with Crippen molar-refractivity contribution in [2.75, 3.05) is 31.8 Å². The van der Waals surface area contributed by atoms with Crippen LogP contribution in [0.15, 0.2) is 29.4 Å². The van der Waals surface area contributed by atoms with Crippen LogP contribution < -0.4 is 15.4 Å². The number of pyridine rings is 1. The predicted molar refractivity (Wildman–Crippen MR) is 115 cm³/mol. The predicted octanol–water partition coefficient (Wildman–Crippen LogP) is 2.89. The first-order chi connectivity index (χ1) is 13.9. The Morgan fingerprint density at radius 2 is 1.93 bits per heavy atom. The molecule has 10 heteroatoms. The van der Waals surface area contributed by atoms with Crippen LogP contribution in [0.2, 0.25) is 0 Å². The molecule has 0 fully saturated rings. The summed E-state index contributed by atoms with van der Waals surface area (Å²) >= 11 is 1.52. The van der Waals surface area contributed by atoms with Gasteiger partial charge in [-0.25, -0.2) is 0 Å². The van der Waals surface area contributed by atoms with Crippen molar-refractivity contribution >= 4 is 40.2 Å². The van der Waals surface area contributed by atoms with Gasteiger partial charge in [-0.1, -0.05) is 11.8 Å². The maximum Gasteiger partial charge on any atom is 0.229 e. The summed E-state index contributed by atoms with van der Waals surface area (Å²) in [6, 6.07) is 8.04. The number of aryl methyl sites for hydroxylation is 1. The molecular weight excluding hydrogens is 388 g/mol. The molecule has 3 heterocycles. The minimum absolute atomic E-state index is 0.103. The zero-order valence-electron chi connectivity index (χ0n) is 16.9. The lowest BCUT2D eigenvalue weighted by atomic mass is 10.1. The van der Waals surface area contributed by atoms with Crippen molar-refractivity contribution in [2.24, 2.45) is 0 Å². The number of aromatic nitrogens is 6. The van der Waals surface area contributed by atoms with E-state index in [4.69, 9.17) is 10.5 Å². The maximum atomic E-state index is 5.88. The molecule has 0 saturated carbocycles. The number of fused-ring (bicyclic) bond motifs is 3. The van der Waals surface area contributed by atoms with Crippen LogP contribution in [0.5, 0.6) is 5.75 Å². The molecule has 0 amide bonds. The van der Waals surface area contributed by atoms with Gasteiger partial charge in [0.25, 0.3) is 0 Å². The number of hydrogen-bond acceptors (Lipinski definition) is 9. The van der Waals surface area contributed by atoms with Gasteiger partial charge in [0, 0.05) is 25.5 Å². The van der Waals surface area contributed by atoms with Gasteiger partial charge in [0.2, 0.25) is 11.9 Å². The molecular formula is C19H22N8OS. The number of anilines is 2. The topological polar surface area (TPSA) is 107 Å². The van der Waals surface area contributed by atoms with Crippen molar-refractivity contribution < 1.29 is 4.74 Å². The summed E-state index contributed by atoms with van der Waals surface area (Å²) in [6.45, 7) is 4.08. The Labute approximate surface area is 172 Å². The summed E-state index contributed by atoms with van der Waals surface area (Å²) in [7, 11) is 5.39. The lowest BCUT2D eigenvalue weighted by molar-refractivity contribution is 0.415. The Morgan fingerprint density at radius 3 is 2.66 bits per heavy atom. The largest absolute Gasteiger partial charge is 0.497 e. The molecule has 3 aromatic heterocycles. The van der Waals surface area contributed by atoms with Crippen molar-refractivity contribution in [1.82, 2.24) is 29.5 Å². The van der Waals surface area contributed by atoms with E-state index < -0.39 is 0 Å². The van der Waals surface area contributed by atoms with E-state index in [9.17, 15) is 0 Å². The molecule has 29 heavy (non-hydrogen) atoms. The average Bonchev–Trinajstić information content (AvgIpc) is 3.09. The van der Waals surface area contributed by atoms with Gasteiger partial charge in [-0.15, -0.1) is 10.2 Å². The van der Waals surface area contributed by atoms with Crippen LogP contribution in [0.25, 0.3) is 16.6 Å². The smallest absolute Gasteiger partial charge is 0.229 e. The number of nitrogen functional groups attached to an aromatic ring is 1. The third-order valence-electron chi connectivity index (χ3n) is 4.58. The van der Waals surface area contributed by atoms with E-state index in [1.807, 2.05) is 43.6 Å². The molecule has 0 aliphatic heterocycles. The molecule has 1 unspecified atom stereocenters. The molecule has 9 nitrogen and oxygen atoms in total. The highest BCUT2D eigenvalue weighted by Crippen LogP contribution is 2.35. The summed E-state index contributed by atoms with van der Waals surface area (Å²) in [4.78, 5) is 14.8. The quantitative estimate of drug-likeness (QED) is 0.497. The number of ether oxygens (including phenoxy) is 1. The number of nitrogens with zero attached hydrogens (tertiary/aromatic N) is 7. The molecule has 4 aromatic rings. The summed E-state index contributed by atoms with van der Waals surface area (Å²) in [5.74, 6) is 2.10. The Morgan fingerprint density at radius 1 is 1.14 bits per heavy atom. The Balaban J connectivity index is 1.80. The first-order valence-corrected chi connectivity index (χ1v) is 9.93. The highest BCUT2D eigenvalue weighted by atomic mass is 32.2. The zero-order valence-corrected chi connectivity index (χ0v) is 17.7. The van der Waals surface area contributed by atoms with Crippen LogP contribution in [0.4, 0.5) is 11.9 Å². The van der Waals surface area contributed by atoms with Crippen LogP contribution >= 0.6 is 11.8 Å². The minimum Gasteiger partial charge on any atom is -0.497 e. The van der Waals surface area contributed by atoms with Gasteiger partial charge >= 0.3 is 0 Å². The van der Waals surface area contributed by atoms with Crippen LogP contribution in [0.1, 0.15) is 23.6 Å². The first kappa shape index (κ1) is 19.2. The minimum atomic E-state index is -0.103. The summed E-state index contributed by atoms with van der Waals surface area (Å²) < 4.78 is 7.45. The van der Waals surface area contributed by atoms with E-state index in [0.29, 0.717) is 11.8 Å². The molecule has 2 N–H and O–H groups in total. The molecule has 1 aromatic carbocycles. The van der Waals surface area contributed by atoms with Gasteiger partial charge in [-0.3, -0.25) is 4.40 Å². The average molecular weight is 411 g/mol. The number of rotatable bonds is 5. The number of thioether (sulfide) groups is 1. The molecule has 4 rings (SSSR count). The molecule has 150 valence electrons. The van der Waals surface area contributed by atoms with Gasteiger partial charge in [-0.2, -0.15) is 15.0 Å². The third kappa shape index (κ3) is 3.51. The normalized spacial score (nSPS) is 12.4. The van der Waals surface area contributed by atoms with E-state index >= 15 is 0 Å². The van der Waals surface area contributed by atoms with E-state index in [1.54, 1.807) is 12.0 Å². The Kier molecular flexibility index (Phi) is 4.87. The highest BCUT2D eigenvalue weighted by molar-refractivity contribution is 7.99. The van der Waals surface area contributed by atoms with E-state index in [-0.39, 0.29) is 11.2 Å². The number of nitrogens with two attached hydrogens (primary N) is 1. The second kappa shape index (κ2) is 7.36. The van der Waals surface area contributed by atoms with Crippen LogP contribution in [-0.2, 0) is 0 Å². The van der Waals surface area contributed by atoms with Gasteiger partial charge in [0.1, 0.15) is 11.6 Å². The SMILES string of the molecule is COc1ccc2c(C)cc3nnc(SC(C)c4nc(N)nc(N(C)C)n4)n3c2c1. The second-order valence-electron chi connectivity index (χ2n) is 6.89. The number of methoxy groups -OCH3 is 1. The summed E-state index contributed by atoms with van der Waals surface area (Å²) in [5, 5.41) is 10.5. The van der Waals surface area contributed by atoms with E-state index in [0.717, 1.165) is 33.0 Å². The van der Waals surface area contributed by atoms with Crippen LogP contribution in [-0.4, -0.2) is 50.8 Å². The van der Waals surface area contributed by atoms with Crippen LogP contribution in [0.3, 0.4) is 0 Å². The fraction of sp³-hybridized carbons (Fsp3) is 0.316. The van der Waals surface area contributed by atoms with Crippen molar-refractivity contribution in [2.45, 2.75) is 24.3 Å². The summed E-state index contributed by atoms with van der Waals surface area (Å²) in [6.07, 6.45) is 0.